The fourth-order valence-corrected chi connectivity index (χ4v) is 1.30. The zero-order valence-corrected chi connectivity index (χ0v) is 7.27. The molecule has 1 aliphatic carbocycles. The summed E-state index contributed by atoms with van der Waals surface area (Å²) < 4.78 is 0. The van der Waals surface area contributed by atoms with E-state index in [0.717, 1.165) is 0 Å². The third kappa shape index (κ3) is 2.75. The van der Waals surface area contributed by atoms with Crippen LogP contribution in [0, 0.1) is 0 Å². The molecule has 1 rings (SSSR count). The Morgan fingerprint density at radius 1 is 1.45 bits per heavy atom. The molecule has 0 saturated heterocycles. The van der Waals surface area contributed by atoms with Crippen LogP contribution in [0.2, 0.25) is 0 Å². The van der Waals surface area contributed by atoms with Crippen LogP contribution in [0.1, 0.15) is 32.6 Å². The molecule has 11 heavy (non-hydrogen) atoms. The van der Waals surface area contributed by atoms with Gasteiger partial charge in [0.1, 0.15) is 0 Å². The molecule has 1 aliphatic rings. The fraction of sp³-hybridized carbons (Fsp3) is 0.455. The summed E-state index contributed by atoms with van der Waals surface area (Å²) in [5.41, 5.74) is 2.64. The van der Waals surface area contributed by atoms with Crippen LogP contribution in [0.25, 0.3) is 0 Å². The first-order valence-electron chi connectivity index (χ1n) is 4.32. The second kappa shape index (κ2) is 4.17. The summed E-state index contributed by atoms with van der Waals surface area (Å²) in [5, 5.41) is 0. The molecule has 0 heteroatoms. The van der Waals surface area contributed by atoms with Crippen molar-refractivity contribution in [1.29, 1.82) is 0 Å². The molecule has 0 saturated carbocycles. The molecule has 0 bridgehead atoms. The number of hydrogen-bond acceptors (Lipinski definition) is 0. The van der Waals surface area contributed by atoms with Crippen molar-refractivity contribution in [3.63, 3.8) is 0 Å². The van der Waals surface area contributed by atoms with E-state index in [1.54, 1.807) is 0 Å². The lowest BCUT2D eigenvalue weighted by Gasteiger charge is -2.07. The van der Waals surface area contributed by atoms with Gasteiger partial charge >= 0.3 is 0 Å². The lowest BCUT2D eigenvalue weighted by Crippen LogP contribution is -1.87. The van der Waals surface area contributed by atoms with Gasteiger partial charge in [0, 0.05) is 0 Å². The van der Waals surface area contributed by atoms with Gasteiger partial charge in [-0.3, -0.25) is 0 Å². The lowest BCUT2D eigenvalue weighted by molar-refractivity contribution is 0.741. The van der Waals surface area contributed by atoms with E-state index in [-0.39, 0.29) is 0 Å². The van der Waals surface area contributed by atoms with Crippen molar-refractivity contribution < 1.29 is 0 Å². The Bertz CT molecular complexity index is 194. The highest BCUT2D eigenvalue weighted by molar-refractivity contribution is 5.30. The smallest absolute Gasteiger partial charge is 0.0276 e. The molecule has 0 fully saturated rings. The van der Waals surface area contributed by atoms with Crippen LogP contribution in [0.5, 0.6) is 0 Å². The van der Waals surface area contributed by atoms with Gasteiger partial charge in [0.15, 0.2) is 0 Å². The van der Waals surface area contributed by atoms with Crippen molar-refractivity contribution in [1.82, 2.24) is 0 Å². The van der Waals surface area contributed by atoms with Crippen LogP contribution in [-0.4, -0.2) is 0 Å². The standard InChI is InChI=1S/C11H16/c1-10(2)11-8-6-4-3-5-7-9-11/h4,6,8H,1,3,5,7,9H2,2H3/b6-4-,11-8+. The molecule has 60 valence electrons. The molecule has 0 aromatic heterocycles. The molecule has 0 spiro atoms. The Morgan fingerprint density at radius 2 is 2.27 bits per heavy atom. The second-order valence-electron chi connectivity index (χ2n) is 3.15. The minimum absolute atomic E-state index is 1.21. The van der Waals surface area contributed by atoms with Gasteiger partial charge in [-0.25, -0.2) is 0 Å². The first-order chi connectivity index (χ1) is 5.30. The Balaban J connectivity index is 2.65. The number of hydrogen-bond donors (Lipinski definition) is 0. The molecule has 0 aliphatic heterocycles. The molecule has 0 heterocycles. The molecule has 0 amide bonds. The molecule has 0 N–H and O–H groups in total. The van der Waals surface area contributed by atoms with E-state index in [2.05, 4.69) is 31.7 Å². The molecular weight excluding hydrogens is 132 g/mol. The minimum Gasteiger partial charge on any atom is -0.0958 e. The zero-order valence-electron chi connectivity index (χ0n) is 7.27. The van der Waals surface area contributed by atoms with Gasteiger partial charge in [0.2, 0.25) is 0 Å². The predicted molar refractivity (Wildman–Crippen MR) is 50.5 cm³/mol. The van der Waals surface area contributed by atoms with E-state index >= 15 is 0 Å². The number of rotatable bonds is 1. The zero-order chi connectivity index (χ0) is 8.10. The van der Waals surface area contributed by atoms with E-state index in [9.17, 15) is 0 Å². The molecule has 0 atom stereocenters. The average Bonchev–Trinajstić information content (AvgIpc) is 1.84. The fourth-order valence-electron chi connectivity index (χ4n) is 1.30. The number of allylic oxidation sites excluding steroid dienone is 5. The molecular formula is C11H16. The largest absolute Gasteiger partial charge is 0.0958 e. The van der Waals surface area contributed by atoms with Crippen molar-refractivity contribution in [2.24, 2.45) is 0 Å². The van der Waals surface area contributed by atoms with Crippen LogP contribution in [0.3, 0.4) is 0 Å². The Hall–Kier alpha value is -0.780. The van der Waals surface area contributed by atoms with Crippen molar-refractivity contribution in [2.45, 2.75) is 32.6 Å². The Morgan fingerprint density at radius 3 is 3.00 bits per heavy atom. The van der Waals surface area contributed by atoms with E-state index in [0.29, 0.717) is 0 Å². The van der Waals surface area contributed by atoms with Crippen LogP contribution in [-0.2, 0) is 0 Å². The molecule has 0 nitrogen and oxygen atoms in total. The average molecular weight is 148 g/mol. The Labute approximate surface area is 69.3 Å². The van der Waals surface area contributed by atoms with Gasteiger partial charge in [-0.15, -0.1) is 0 Å². The summed E-state index contributed by atoms with van der Waals surface area (Å²) in [7, 11) is 0. The lowest BCUT2D eigenvalue weighted by atomic mass is 9.99. The van der Waals surface area contributed by atoms with Crippen LogP contribution >= 0.6 is 0 Å². The quantitative estimate of drug-likeness (QED) is 0.532. The summed E-state index contributed by atoms with van der Waals surface area (Å²) >= 11 is 0. The maximum atomic E-state index is 3.95. The van der Waals surface area contributed by atoms with Crippen molar-refractivity contribution in [3.8, 4) is 0 Å². The maximum Gasteiger partial charge on any atom is -0.0276 e. The van der Waals surface area contributed by atoms with Crippen LogP contribution in [0.4, 0.5) is 0 Å². The van der Waals surface area contributed by atoms with E-state index < -0.39 is 0 Å². The normalized spacial score (nSPS) is 26.1. The summed E-state index contributed by atoms with van der Waals surface area (Å²) in [4.78, 5) is 0. The highest BCUT2D eigenvalue weighted by Crippen LogP contribution is 2.18. The van der Waals surface area contributed by atoms with Gasteiger partial charge in [0.25, 0.3) is 0 Å². The van der Waals surface area contributed by atoms with Gasteiger partial charge < -0.3 is 0 Å². The second-order valence-corrected chi connectivity index (χ2v) is 3.15. The van der Waals surface area contributed by atoms with E-state index in [4.69, 9.17) is 0 Å². The monoisotopic (exact) mass is 148 g/mol. The third-order valence-corrected chi connectivity index (χ3v) is 2.05. The Kier molecular flexibility index (Phi) is 3.15. The molecule has 0 radical (unpaired) electrons. The molecule has 0 aromatic rings. The van der Waals surface area contributed by atoms with Crippen molar-refractivity contribution in [3.05, 3.63) is 36.0 Å². The third-order valence-electron chi connectivity index (χ3n) is 2.05. The SMILES string of the molecule is C=C(C)/C1=C/C=C\CCCC1. The van der Waals surface area contributed by atoms with Crippen molar-refractivity contribution in [2.75, 3.05) is 0 Å². The molecule has 0 unspecified atom stereocenters. The van der Waals surface area contributed by atoms with E-state index in [1.807, 2.05) is 0 Å². The summed E-state index contributed by atoms with van der Waals surface area (Å²) in [6.45, 7) is 6.03. The van der Waals surface area contributed by atoms with Crippen molar-refractivity contribution >= 4 is 0 Å². The van der Waals surface area contributed by atoms with E-state index in [1.165, 1.54) is 36.8 Å². The maximum absolute atomic E-state index is 3.95. The predicted octanol–water partition coefficient (Wildman–Crippen LogP) is 3.62. The summed E-state index contributed by atoms with van der Waals surface area (Å²) in [6, 6.07) is 0. The minimum atomic E-state index is 1.21. The van der Waals surface area contributed by atoms with Gasteiger partial charge in [-0.1, -0.05) is 30.4 Å². The van der Waals surface area contributed by atoms with Crippen LogP contribution in [0.15, 0.2) is 36.0 Å². The van der Waals surface area contributed by atoms with Crippen LogP contribution < -0.4 is 0 Å². The highest BCUT2D eigenvalue weighted by atomic mass is 14.0. The molecule has 0 aromatic carbocycles. The van der Waals surface area contributed by atoms with Gasteiger partial charge in [-0.2, -0.15) is 0 Å². The summed E-state index contributed by atoms with van der Waals surface area (Å²) in [6.07, 6.45) is 11.7. The van der Waals surface area contributed by atoms with Gasteiger partial charge in [0.05, 0.1) is 0 Å². The first-order valence-corrected chi connectivity index (χ1v) is 4.32. The first kappa shape index (κ1) is 8.32. The topological polar surface area (TPSA) is 0 Å². The van der Waals surface area contributed by atoms with Gasteiger partial charge in [-0.05, 0) is 38.2 Å². The highest BCUT2D eigenvalue weighted by Gasteiger charge is 1.98. The summed E-state index contributed by atoms with van der Waals surface area (Å²) in [5.74, 6) is 0.